The molecule has 6 nitrogen and oxygen atoms in total. The van der Waals surface area contributed by atoms with Gasteiger partial charge in [-0.1, -0.05) is 24.3 Å². The first-order chi connectivity index (χ1) is 13.0. The van der Waals surface area contributed by atoms with E-state index in [0.717, 1.165) is 5.56 Å². The third-order valence-electron chi connectivity index (χ3n) is 4.10. The Labute approximate surface area is 155 Å². The van der Waals surface area contributed by atoms with Gasteiger partial charge in [-0.25, -0.2) is 9.18 Å². The second-order valence-electron chi connectivity index (χ2n) is 5.99. The van der Waals surface area contributed by atoms with Crippen LogP contribution in [0.4, 0.5) is 4.39 Å². The van der Waals surface area contributed by atoms with Crippen LogP contribution in [0, 0.1) is 5.82 Å². The van der Waals surface area contributed by atoms with Crippen LogP contribution in [0.5, 0.6) is 5.75 Å². The second kappa shape index (κ2) is 8.44. The van der Waals surface area contributed by atoms with Gasteiger partial charge in [0.15, 0.2) is 11.6 Å². The molecule has 0 N–H and O–H groups in total. The van der Waals surface area contributed by atoms with Gasteiger partial charge in [-0.2, -0.15) is 0 Å². The lowest BCUT2D eigenvalue weighted by Gasteiger charge is -2.14. The zero-order valence-electron chi connectivity index (χ0n) is 14.5. The number of halogens is 1. The molecular weight excluding hydrogens is 353 g/mol. The van der Waals surface area contributed by atoms with E-state index in [9.17, 15) is 18.8 Å². The first-order valence-electron chi connectivity index (χ1n) is 8.51. The third-order valence-corrected chi connectivity index (χ3v) is 4.10. The number of carbonyl (C=O) groups excluding carboxylic acids is 3. The SMILES string of the molecule is O=C(OCCOc1ccccc1F)c1ccc(CN2C(=O)CCC2=O)cc1. The number of amides is 2. The first-order valence-corrected chi connectivity index (χ1v) is 8.51. The normalized spacial score (nSPS) is 13.7. The Bertz CT molecular complexity index is 834. The fourth-order valence-electron chi connectivity index (χ4n) is 2.66. The van der Waals surface area contributed by atoms with Crippen molar-refractivity contribution in [2.45, 2.75) is 19.4 Å². The number of imide groups is 1. The first kappa shape index (κ1) is 18.6. The smallest absolute Gasteiger partial charge is 0.338 e. The van der Waals surface area contributed by atoms with Crippen molar-refractivity contribution in [1.29, 1.82) is 0 Å². The Morgan fingerprint density at radius 3 is 2.30 bits per heavy atom. The Morgan fingerprint density at radius 1 is 0.963 bits per heavy atom. The molecule has 1 heterocycles. The van der Waals surface area contributed by atoms with Crippen molar-refractivity contribution >= 4 is 17.8 Å². The van der Waals surface area contributed by atoms with Crippen molar-refractivity contribution in [2.24, 2.45) is 0 Å². The minimum absolute atomic E-state index is 0.0221. The van der Waals surface area contributed by atoms with Gasteiger partial charge in [0, 0.05) is 12.8 Å². The van der Waals surface area contributed by atoms with Crippen molar-refractivity contribution in [3.05, 3.63) is 65.5 Å². The van der Waals surface area contributed by atoms with E-state index in [1.54, 1.807) is 36.4 Å². The van der Waals surface area contributed by atoms with Crippen LogP contribution in [-0.4, -0.2) is 35.9 Å². The van der Waals surface area contributed by atoms with Crippen molar-refractivity contribution < 1.29 is 28.2 Å². The summed E-state index contributed by atoms with van der Waals surface area (Å²) in [5, 5.41) is 0. The van der Waals surface area contributed by atoms with Gasteiger partial charge in [-0.15, -0.1) is 0 Å². The average molecular weight is 371 g/mol. The number of benzene rings is 2. The van der Waals surface area contributed by atoms with Gasteiger partial charge in [0.05, 0.1) is 12.1 Å². The summed E-state index contributed by atoms with van der Waals surface area (Å²) in [4.78, 5) is 36.5. The molecule has 140 valence electrons. The number of para-hydroxylation sites is 1. The van der Waals surface area contributed by atoms with Crippen LogP contribution < -0.4 is 4.74 Å². The van der Waals surface area contributed by atoms with E-state index >= 15 is 0 Å². The molecule has 0 atom stereocenters. The highest BCUT2D eigenvalue weighted by Gasteiger charge is 2.28. The van der Waals surface area contributed by atoms with Gasteiger partial charge in [-0.3, -0.25) is 14.5 Å². The number of likely N-dealkylation sites (tertiary alicyclic amines) is 1. The molecule has 2 aromatic rings. The summed E-state index contributed by atoms with van der Waals surface area (Å²) in [6.45, 7) is 0.207. The van der Waals surface area contributed by atoms with Gasteiger partial charge in [-0.05, 0) is 29.8 Å². The predicted molar refractivity (Wildman–Crippen MR) is 93.4 cm³/mol. The molecule has 27 heavy (non-hydrogen) atoms. The van der Waals surface area contributed by atoms with Gasteiger partial charge in [0.2, 0.25) is 11.8 Å². The molecule has 2 aromatic carbocycles. The summed E-state index contributed by atoms with van der Waals surface area (Å²) >= 11 is 0. The minimum Gasteiger partial charge on any atom is -0.487 e. The molecule has 0 bridgehead atoms. The highest BCUT2D eigenvalue weighted by Crippen LogP contribution is 2.17. The lowest BCUT2D eigenvalue weighted by molar-refractivity contribution is -0.139. The van der Waals surface area contributed by atoms with E-state index in [4.69, 9.17) is 9.47 Å². The predicted octanol–water partition coefficient (Wildman–Crippen LogP) is 2.71. The molecular formula is C20H18FNO5. The van der Waals surface area contributed by atoms with Crippen LogP contribution >= 0.6 is 0 Å². The number of carbonyl (C=O) groups is 3. The molecule has 1 fully saturated rings. The summed E-state index contributed by atoms with van der Waals surface area (Å²) in [6.07, 6.45) is 0.496. The van der Waals surface area contributed by atoms with Crippen molar-refractivity contribution in [3.63, 3.8) is 0 Å². The summed E-state index contributed by atoms with van der Waals surface area (Å²) in [5.41, 5.74) is 1.08. The molecule has 0 aromatic heterocycles. The third kappa shape index (κ3) is 4.69. The summed E-state index contributed by atoms with van der Waals surface area (Å²) < 4.78 is 23.7. The fraction of sp³-hybridized carbons (Fsp3) is 0.250. The maximum Gasteiger partial charge on any atom is 0.338 e. The second-order valence-corrected chi connectivity index (χ2v) is 5.99. The Kier molecular flexibility index (Phi) is 5.80. The highest BCUT2D eigenvalue weighted by molar-refractivity contribution is 6.01. The monoisotopic (exact) mass is 371 g/mol. The van der Waals surface area contributed by atoms with Gasteiger partial charge >= 0.3 is 5.97 Å². The summed E-state index contributed by atoms with van der Waals surface area (Å²) in [6, 6.07) is 12.5. The van der Waals surface area contributed by atoms with Crippen LogP contribution in [0.25, 0.3) is 0 Å². The van der Waals surface area contributed by atoms with Crippen LogP contribution in [0.15, 0.2) is 48.5 Å². The average Bonchev–Trinajstić information content (AvgIpc) is 2.99. The molecule has 0 radical (unpaired) electrons. The maximum atomic E-state index is 13.4. The van der Waals surface area contributed by atoms with Gasteiger partial charge < -0.3 is 9.47 Å². The van der Waals surface area contributed by atoms with Gasteiger partial charge in [0.1, 0.15) is 13.2 Å². The summed E-state index contributed by atoms with van der Waals surface area (Å²) in [5.74, 6) is -1.28. The molecule has 3 rings (SSSR count). The zero-order valence-corrected chi connectivity index (χ0v) is 14.5. The van der Waals surface area contributed by atoms with Gasteiger partial charge in [0.25, 0.3) is 0 Å². The lowest BCUT2D eigenvalue weighted by atomic mass is 10.1. The van der Waals surface area contributed by atoms with E-state index in [0.29, 0.717) is 5.56 Å². The Balaban J connectivity index is 1.47. The van der Waals surface area contributed by atoms with Crippen LogP contribution in [-0.2, 0) is 20.9 Å². The Morgan fingerprint density at radius 2 is 1.63 bits per heavy atom. The number of hydrogen-bond donors (Lipinski definition) is 0. The van der Waals surface area contributed by atoms with Crippen LogP contribution in [0.3, 0.4) is 0 Å². The van der Waals surface area contributed by atoms with Crippen molar-refractivity contribution in [2.75, 3.05) is 13.2 Å². The van der Waals surface area contributed by atoms with Crippen LogP contribution in [0.2, 0.25) is 0 Å². The molecule has 1 aliphatic rings. The molecule has 7 heteroatoms. The number of ether oxygens (including phenoxy) is 2. The quantitative estimate of drug-likeness (QED) is 0.425. The molecule has 1 aliphatic heterocycles. The molecule has 0 aliphatic carbocycles. The molecule has 0 unspecified atom stereocenters. The standard InChI is InChI=1S/C20H18FNO5/c21-16-3-1-2-4-17(16)26-11-12-27-20(25)15-7-5-14(6-8-15)13-22-18(23)9-10-19(22)24/h1-8H,9-13H2. The van der Waals surface area contributed by atoms with Crippen molar-refractivity contribution in [1.82, 2.24) is 4.90 Å². The van der Waals surface area contributed by atoms with E-state index < -0.39 is 11.8 Å². The molecule has 0 spiro atoms. The maximum absolute atomic E-state index is 13.4. The minimum atomic E-state index is -0.535. The Hall–Kier alpha value is -3.22. The van der Waals surface area contributed by atoms with Crippen LogP contribution in [0.1, 0.15) is 28.8 Å². The fourth-order valence-corrected chi connectivity index (χ4v) is 2.66. The zero-order chi connectivity index (χ0) is 19.2. The number of esters is 1. The largest absolute Gasteiger partial charge is 0.487 e. The number of hydrogen-bond acceptors (Lipinski definition) is 5. The van der Waals surface area contributed by atoms with Crippen molar-refractivity contribution in [3.8, 4) is 5.75 Å². The molecule has 0 saturated carbocycles. The van der Waals surface area contributed by atoms with E-state index in [1.807, 2.05) is 0 Å². The molecule has 1 saturated heterocycles. The lowest BCUT2D eigenvalue weighted by Crippen LogP contribution is -2.28. The summed E-state index contributed by atoms with van der Waals surface area (Å²) in [7, 11) is 0. The highest BCUT2D eigenvalue weighted by atomic mass is 19.1. The topological polar surface area (TPSA) is 72.9 Å². The van der Waals surface area contributed by atoms with E-state index in [2.05, 4.69) is 0 Å². The number of rotatable bonds is 7. The number of nitrogens with zero attached hydrogens (tertiary/aromatic N) is 1. The van der Waals surface area contributed by atoms with E-state index in [1.165, 1.54) is 17.0 Å². The van der Waals surface area contributed by atoms with E-state index in [-0.39, 0.29) is 50.2 Å². The molecule has 2 amide bonds.